The number of hydrogen-bond acceptors (Lipinski definition) is 3. The van der Waals surface area contributed by atoms with E-state index in [2.05, 4.69) is 4.98 Å². The van der Waals surface area contributed by atoms with E-state index in [-0.39, 0.29) is 10.6 Å². The molecule has 0 unspecified atom stereocenters. The van der Waals surface area contributed by atoms with Crippen molar-refractivity contribution in [3.05, 3.63) is 46.1 Å². The van der Waals surface area contributed by atoms with E-state index in [0.717, 1.165) is 17.3 Å². The van der Waals surface area contributed by atoms with E-state index in [9.17, 15) is 10.1 Å². The van der Waals surface area contributed by atoms with Crippen molar-refractivity contribution in [2.24, 2.45) is 0 Å². The number of pyridine rings is 1. The molecule has 0 aliphatic carbocycles. The van der Waals surface area contributed by atoms with Gasteiger partial charge in [0.25, 0.3) is 5.69 Å². The summed E-state index contributed by atoms with van der Waals surface area (Å²) in [6.07, 6.45) is 1.49. The van der Waals surface area contributed by atoms with E-state index in [1.165, 1.54) is 0 Å². The van der Waals surface area contributed by atoms with Gasteiger partial charge in [0.1, 0.15) is 5.69 Å². The summed E-state index contributed by atoms with van der Waals surface area (Å²) >= 11 is 0. The number of hydrogen-bond donors (Lipinski definition) is 0. The quantitative estimate of drug-likeness (QED) is 0.585. The van der Waals surface area contributed by atoms with Crippen LogP contribution in [0.1, 0.15) is 19.0 Å². The van der Waals surface area contributed by atoms with E-state index in [4.69, 9.17) is 0 Å². The first-order valence-electron chi connectivity index (χ1n) is 5.25. The van der Waals surface area contributed by atoms with Crippen molar-refractivity contribution in [1.29, 1.82) is 0 Å². The number of nitrogens with zero attached hydrogens (tertiary/aromatic N) is 2. The molecule has 2 aromatic rings. The zero-order valence-electron chi connectivity index (χ0n) is 9.01. The Bertz CT molecular complexity index is 538. The summed E-state index contributed by atoms with van der Waals surface area (Å²) in [5.74, 6) is 0. The Balaban J connectivity index is 2.65. The van der Waals surface area contributed by atoms with E-state index in [1.807, 2.05) is 31.2 Å². The van der Waals surface area contributed by atoms with Crippen LogP contribution in [0.15, 0.2) is 30.3 Å². The lowest BCUT2D eigenvalue weighted by Crippen LogP contribution is -1.98. The second-order valence-corrected chi connectivity index (χ2v) is 3.65. The molecule has 4 heteroatoms. The lowest BCUT2D eigenvalue weighted by molar-refractivity contribution is -0.385. The van der Waals surface area contributed by atoms with Crippen LogP contribution in [0.2, 0.25) is 0 Å². The van der Waals surface area contributed by atoms with Crippen molar-refractivity contribution in [1.82, 2.24) is 4.98 Å². The average molecular weight is 216 g/mol. The van der Waals surface area contributed by atoms with Crippen LogP contribution >= 0.6 is 0 Å². The van der Waals surface area contributed by atoms with Gasteiger partial charge < -0.3 is 0 Å². The third kappa shape index (κ3) is 1.86. The molecule has 82 valence electrons. The average Bonchev–Trinajstić information content (AvgIpc) is 2.28. The lowest BCUT2D eigenvalue weighted by atomic mass is 10.1. The van der Waals surface area contributed by atoms with Gasteiger partial charge in [0, 0.05) is 11.5 Å². The van der Waals surface area contributed by atoms with Gasteiger partial charge in [0.2, 0.25) is 0 Å². The topological polar surface area (TPSA) is 56.0 Å². The largest absolute Gasteiger partial charge is 0.291 e. The highest BCUT2D eigenvalue weighted by molar-refractivity contribution is 5.81. The molecule has 1 aromatic carbocycles. The molecule has 0 amide bonds. The molecule has 1 heterocycles. The Labute approximate surface area is 93.1 Å². The Morgan fingerprint density at radius 1 is 1.38 bits per heavy atom. The predicted octanol–water partition coefficient (Wildman–Crippen LogP) is 3.10. The summed E-state index contributed by atoms with van der Waals surface area (Å²) in [7, 11) is 0. The van der Waals surface area contributed by atoms with Gasteiger partial charge >= 0.3 is 0 Å². The number of para-hydroxylation sites is 1. The van der Waals surface area contributed by atoms with Gasteiger partial charge in [0.15, 0.2) is 0 Å². The molecule has 0 spiro atoms. The first kappa shape index (κ1) is 10.5. The standard InChI is InChI=1S/C12H12N2O2/c1-2-5-11-12(14(15)16)8-9-6-3-4-7-10(9)13-11/h3-4,6-8H,2,5H2,1H3. The van der Waals surface area contributed by atoms with Crippen molar-refractivity contribution in [2.45, 2.75) is 19.8 Å². The highest BCUT2D eigenvalue weighted by Crippen LogP contribution is 2.23. The lowest BCUT2D eigenvalue weighted by Gasteiger charge is -2.03. The predicted molar refractivity (Wildman–Crippen MR) is 62.4 cm³/mol. The summed E-state index contributed by atoms with van der Waals surface area (Å²) in [6, 6.07) is 9.06. The molecule has 0 fully saturated rings. The van der Waals surface area contributed by atoms with E-state index >= 15 is 0 Å². The highest BCUT2D eigenvalue weighted by Gasteiger charge is 2.15. The maximum Gasteiger partial charge on any atom is 0.291 e. The molecule has 0 saturated carbocycles. The third-order valence-corrected chi connectivity index (χ3v) is 2.46. The van der Waals surface area contributed by atoms with Gasteiger partial charge in [-0.25, -0.2) is 4.98 Å². The molecule has 1 aromatic heterocycles. The number of fused-ring (bicyclic) bond motifs is 1. The fourth-order valence-electron chi connectivity index (χ4n) is 1.72. The zero-order valence-corrected chi connectivity index (χ0v) is 9.01. The molecule has 0 bridgehead atoms. The van der Waals surface area contributed by atoms with Gasteiger partial charge in [-0.05, 0) is 12.5 Å². The van der Waals surface area contributed by atoms with Crippen molar-refractivity contribution in [3.8, 4) is 0 Å². The van der Waals surface area contributed by atoms with Gasteiger partial charge in [-0.15, -0.1) is 0 Å². The van der Waals surface area contributed by atoms with Crippen molar-refractivity contribution in [3.63, 3.8) is 0 Å². The van der Waals surface area contributed by atoms with Crippen LogP contribution in [0.25, 0.3) is 10.9 Å². The van der Waals surface area contributed by atoms with Crippen LogP contribution in [0.5, 0.6) is 0 Å². The zero-order chi connectivity index (χ0) is 11.5. The number of rotatable bonds is 3. The summed E-state index contributed by atoms with van der Waals surface area (Å²) in [5, 5.41) is 11.7. The molecule has 0 atom stereocenters. The fourth-order valence-corrected chi connectivity index (χ4v) is 1.72. The van der Waals surface area contributed by atoms with Gasteiger partial charge in [-0.1, -0.05) is 31.5 Å². The molecule has 0 saturated heterocycles. The maximum absolute atomic E-state index is 10.9. The molecule has 4 nitrogen and oxygen atoms in total. The van der Waals surface area contributed by atoms with Gasteiger partial charge in [-0.3, -0.25) is 10.1 Å². The van der Waals surface area contributed by atoms with Crippen LogP contribution in [0.3, 0.4) is 0 Å². The summed E-state index contributed by atoms with van der Waals surface area (Å²) < 4.78 is 0. The monoisotopic (exact) mass is 216 g/mol. The van der Waals surface area contributed by atoms with Crippen LogP contribution in [-0.2, 0) is 6.42 Å². The van der Waals surface area contributed by atoms with E-state index < -0.39 is 0 Å². The van der Waals surface area contributed by atoms with Crippen molar-refractivity contribution >= 4 is 16.6 Å². The molecular formula is C12H12N2O2. The molecule has 16 heavy (non-hydrogen) atoms. The Kier molecular flexibility index (Phi) is 2.81. The Morgan fingerprint density at radius 3 is 2.81 bits per heavy atom. The molecule has 0 N–H and O–H groups in total. The van der Waals surface area contributed by atoms with E-state index in [0.29, 0.717) is 12.1 Å². The van der Waals surface area contributed by atoms with Gasteiger partial charge in [-0.2, -0.15) is 0 Å². The van der Waals surface area contributed by atoms with Crippen LogP contribution in [0.4, 0.5) is 5.69 Å². The highest BCUT2D eigenvalue weighted by atomic mass is 16.6. The first-order valence-corrected chi connectivity index (χ1v) is 5.25. The molecule has 0 aliphatic rings. The number of benzene rings is 1. The third-order valence-electron chi connectivity index (χ3n) is 2.46. The maximum atomic E-state index is 10.9. The number of aromatic nitrogens is 1. The smallest absolute Gasteiger partial charge is 0.258 e. The molecule has 0 radical (unpaired) electrons. The fraction of sp³-hybridized carbons (Fsp3) is 0.250. The minimum absolute atomic E-state index is 0.126. The van der Waals surface area contributed by atoms with Crippen molar-refractivity contribution in [2.75, 3.05) is 0 Å². The summed E-state index contributed by atoms with van der Waals surface area (Å²) in [6.45, 7) is 1.99. The van der Waals surface area contributed by atoms with Crippen LogP contribution < -0.4 is 0 Å². The Morgan fingerprint density at radius 2 is 2.12 bits per heavy atom. The molecular weight excluding hydrogens is 204 g/mol. The SMILES string of the molecule is CCCc1nc2ccccc2cc1[N+](=O)[O-]. The molecule has 0 aliphatic heterocycles. The van der Waals surface area contributed by atoms with Crippen molar-refractivity contribution < 1.29 is 4.92 Å². The Hall–Kier alpha value is -1.97. The van der Waals surface area contributed by atoms with Crippen LogP contribution in [-0.4, -0.2) is 9.91 Å². The second-order valence-electron chi connectivity index (χ2n) is 3.65. The minimum atomic E-state index is -0.357. The molecule has 2 rings (SSSR count). The minimum Gasteiger partial charge on any atom is -0.258 e. The van der Waals surface area contributed by atoms with E-state index in [1.54, 1.807) is 6.07 Å². The number of aryl methyl sites for hydroxylation is 1. The van der Waals surface area contributed by atoms with Gasteiger partial charge in [0.05, 0.1) is 10.4 Å². The van der Waals surface area contributed by atoms with Crippen LogP contribution in [0, 0.1) is 10.1 Å². The second kappa shape index (κ2) is 4.26. The first-order chi connectivity index (χ1) is 7.72. The number of nitro groups is 1. The summed E-state index contributed by atoms with van der Waals surface area (Å²) in [5.41, 5.74) is 1.52. The normalized spacial score (nSPS) is 10.6. The summed E-state index contributed by atoms with van der Waals surface area (Å²) in [4.78, 5) is 14.9.